The van der Waals surface area contributed by atoms with Crippen LogP contribution in [0.2, 0.25) is 0 Å². The Bertz CT molecular complexity index is 1730. The van der Waals surface area contributed by atoms with Crippen molar-refractivity contribution < 1.29 is 28.6 Å². The van der Waals surface area contributed by atoms with E-state index in [4.69, 9.17) is 14.2 Å². The van der Waals surface area contributed by atoms with Gasteiger partial charge in [-0.3, -0.25) is 14.4 Å². The summed E-state index contributed by atoms with van der Waals surface area (Å²) in [5.74, 6) is -0.966. The Hall–Kier alpha value is -4.71. The minimum Gasteiger partial charge on any atom is -0.462 e. The quantitative estimate of drug-likeness (QED) is 0.0261. The number of carbonyl (C=O) groups excluding carboxylic acids is 3. The summed E-state index contributed by atoms with van der Waals surface area (Å²) in [5.41, 5.74) is 0. The molecule has 6 heteroatoms. The number of esters is 3. The first-order valence-electron chi connectivity index (χ1n) is 32.3. The van der Waals surface area contributed by atoms with Crippen molar-refractivity contribution >= 4 is 17.9 Å². The minimum absolute atomic E-state index is 0.107. The summed E-state index contributed by atoms with van der Waals surface area (Å²) in [6.45, 7) is 6.44. The predicted octanol–water partition coefficient (Wildman–Crippen LogP) is 22.3. The highest BCUT2D eigenvalue weighted by molar-refractivity contribution is 5.71. The maximum absolute atomic E-state index is 12.9. The van der Waals surface area contributed by atoms with E-state index in [-0.39, 0.29) is 31.1 Å². The topological polar surface area (TPSA) is 78.9 Å². The predicted molar refractivity (Wildman–Crippen MR) is 343 cm³/mol. The van der Waals surface area contributed by atoms with Crippen LogP contribution in [0.5, 0.6) is 0 Å². The standard InChI is InChI=1S/C73H118O6/c1-4-7-10-13-16-19-22-25-28-30-32-34-35-36-37-39-40-42-45-48-51-54-57-60-63-66-72(75)78-69-70(68-77-71(74)65-62-59-56-53-50-47-44-27-24-21-18-15-12-9-6-3)79-73(76)67-64-61-58-55-52-49-46-43-41-38-33-31-29-26-23-20-17-14-11-8-5-2/h7,10,16,18-19,21,23,25-28,31-34,36-37,40-44,48,51,70H,4-6,8-9,11-15,17,20,22,24,29-30,35,38-39,45-47,49-50,52-69H2,1-3H3/b10-7-,19-16-,21-18-,26-23-,28-25-,33-31-,34-32-,37-36-,42-40-,43-41-,44-27-,51-48-. The molecule has 1 unspecified atom stereocenters. The normalized spacial score (nSPS) is 13.1. The van der Waals surface area contributed by atoms with Gasteiger partial charge in [-0.2, -0.15) is 0 Å². The van der Waals surface area contributed by atoms with E-state index in [1.165, 1.54) is 77.0 Å². The van der Waals surface area contributed by atoms with Crippen molar-refractivity contribution in [3.8, 4) is 0 Å². The largest absolute Gasteiger partial charge is 0.462 e. The highest BCUT2D eigenvalue weighted by atomic mass is 16.6. The van der Waals surface area contributed by atoms with Crippen LogP contribution in [0.15, 0.2) is 146 Å². The second-order valence-corrected chi connectivity index (χ2v) is 20.9. The average Bonchev–Trinajstić information content (AvgIpc) is 3.45. The van der Waals surface area contributed by atoms with Crippen LogP contribution in [0.4, 0.5) is 0 Å². The van der Waals surface area contributed by atoms with Gasteiger partial charge in [0, 0.05) is 19.3 Å². The summed E-state index contributed by atoms with van der Waals surface area (Å²) in [7, 11) is 0. The van der Waals surface area contributed by atoms with Crippen molar-refractivity contribution in [1.82, 2.24) is 0 Å². The van der Waals surface area contributed by atoms with Gasteiger partial charge in [0.25, 0.3) is 0 Å². The molecule has 0 aromatic rings. The lowest BCUT2D eigenvalue weighted by molar-refractivity contribution is -0.167. The lowest BCUT2D eigenvalue weighted by Crippen LogP contribution is -2.30. The molecule has 6 nitrogen and oxygen atoms in total. The molecule has 0 saturated heterocycles. The molecule has 0 amide bonds. The van der Waals surface area contributed by atoms with Crippen LogP contribution in [0.25, 0.3) is 0 Å². The molecule has 0 fully saturated rings. The summed E-state index contributed by atoms with van der Waals surface area (Å²) in [4.78, 5) is 38.3. The van der Waals surface area contributed by atoms with Crippen LogP contribution < -0.4 is 0 Å². The first-order chi connectivity index (χ1) is 39.0. The van der Waals surface area contributed by atoms with Crippen LogP contribution in [0.1, 0.15) is 278 Å². The van der Waals surface area contributed by atoms with Crippen LogP contribution in [0, 0.1) is 0 Å². The molecule has 0 aliphatic rings. The maximum atomic E-state index is 12.9. The van der Waals surface area contributed by atoms with Crippen LogP contribution in [0.3, 0.4) is 0 Å². The Morgan fingerprint density at radius 1 is 0.266 bits per heavy atom. The third-order valence-electron chi connectivity index (χ3n) is 13.3. The molecule has 0 aliphatic heterocycles. The van der Waals surface area contributed by atoms with E-state index in [0.717, 1.165) is 161 Å². The lowest BCUT2D eigenvalue weighted by atomic mass is 10.1. The van der Waals surface area contributed by atoms with E-state index in [1.54, 1.807) is 0 Å². The van der Waals surface area contributed by atoms with Crippen LogP contribution >= 0.6 is 0 Å². The van der Waals surface area contributed by atoms with Gasteiger partial charge >= 0.3 is 17.9 Å². The van der Waals surface area contributed by atoms with Gasteiger partial charge in [-0.1, -0.05) is 256 Å². The molecule has 0 spiro atoms. The van der Waals surface area contributed by atoms with Crippen LogP contribution in [-0.2, 0) is 28.6 Å². The van der Waals surface area contributed by atoms with E-state index in [2.05, 4.69) is 167 Å². The van der Waals surface area contributed by atoms with Gasteiger partial charge in [0.05, 0.1) is 0 Å². The zero-order chi connectivity index (χ0) is 57.1. The molecule has 1 atom stereocenters. The highest BCUT2D eigenvalue weighted by Crippen LogP contribution is 2.14. The monoisotopic (exact) mass is 1090 g/mol. The number of ether oxygens (including phenoxy) is 3. The van der Waals surface area contributed by atoms with E-state index >= 15 is 0 Å². The first kappa shape index (κ1) is 74.3. The highest BCUT2D eigenvalue weighted by Gasteiger charge is 2.19. The van der Waals surface area contributed by atoms with E-state index in [9.17, 15) is 14.4 Å². The van der Waals surface area contributed by atoms with Gasteiger partial charge in [-0.25, -0.2) is 0 Å². The summed E-state index contributed by atoms with van der Waals surface area (Å²) < 4.78 is 16.9. The molecular formula is C73H118O6. The molecule has 0 aromatic carbocycles. The first-order valence-corrected chi connectivity index (χ1v) is 32.3. The molecule has 446 valence electrons. The fourth-order valence-electron chi connectivity index (χ4n) is 8.46. The van der Waals surface area contributed by atoms with Crippen molar-refractivity contribution in [2.24, 2.45) is 0 Å². The van der Waals surface area contributed by atoms with Gasteiger partial charge < -0.3 is 14.2 Å². The molecule has 0 aromatic heterocycles. The molecule has 0 heterocycles. The fourth-order valence-corrected chi connectivity index (χ4v) is 8.46. The number of carbonyl (C=O) groups is 3. The Kier molecular flexibility index (Phi) is 61.9. The third kappa shape index (κ3) is 64.0. The fraction of sp³-hybridized carbons (Fsp3) is 0.630. The summed E-state index contributed by atoms with van der Waals surface area (Å²) in [6.07, 6.45) is 94.1. The maximum Gasteiger partial charge on any atom is 0.306 e. The van der Waals surface area contributed by atoms with Crippen molar-refractivity contribution in [1.29, 1.82) is 0 Å². The molecule has 0 radical (unpaired) electrons. The molecule has 0 bridgehead atoms. The second-order valence-electron chi connectivity index (χ2n) is 20.9. The molecular weight excluding hydrogens is 973 g/mol. The van der Waals surface area contributed by atoms with Crippen molar-refractivity contribution in [3.05, 3.63) is 146 Å². The molecule has 0 rings (SSSR count). The van der Waals surface area contributed by atoms with E-state index < -0.39 is 6.10 Å². The lowest BCUT2D eigenvalue weighted by Gasteiger charge is -2.18. The van der Waals surface area contributed by atoms with Gasteiger partial charge in [0.2, 0.25) is 0 Å². The Morgan fingerprint density at radius 3 is 0.810 bits per heavy atom. The van der Waals surface area contributed by atoms with Crippen molar-refractivity contribution in [2.75, 3.05) is 13.2 Å². The Balaban J connectivity index is 4.51. The van der Waals surface area contributed by atoms with Gasteiger partial charge in [0.1, 0.15) is 13.2 Å². The minimum atomic E-state index is -0.813. The summed E-state index contributed by atoms with van der Waals surface area (Å²) in [6, 6.07) is 0. The average molecular weight is 1090 g/mol. The number of unbranched alkanes of at least 4 members (excludes halogenated alkanes) is 22. The summed E-state index contributed by atoms with van der Waals surface area (Å²) >= 11 is 0. The van der Waals surface area contributed by atoms with Gasteiger partial charge in [-0.05, 0) is 148 Å². The molecule has 0 saturated carbocycles. The third-order valence-corrected chi connectivity index (χ3v) is 13.3. The smallest absolute Gasteiger partial charge is 0.306 e. The Labute approximate surface area is 487 Å². The molecule has 0 aliphatic carbocycles. The van der Waals surface area contributed by atoms with Crippen molar-refractivity contribution in [3.63, 3.8) is 0 Å². The van der Waals surface area contributed by atoms with E-state index in [1.807, 2.05) is 0 Å². The molecule has 79 heavy (non-hydrogen) atoms. The number of rotatable bonds is 57. The second kappa shape index (κ2) is 65.8. The van der Waals surface area contributed by atoms with Gasteiger partial charge in [0.15, 0.2) is 6.10 Å². The number of hydrogen-bond acceptors (Lipinski definition) is 6. The summed E-state index contributed by atoms with van der Waals surface area (Å²) in [5, 5.41) is 0. The van der Waals surface area contributed by atoms with Crippen molar-refractivity contribution in [2.45, 2.75) is 284 Å². The Morgan fingerprint density at radius 2 is 0.494 bits per heavy atom. The zero-order valence-electron chi connectivity index (χ0n) is 51.1. The number of hydrogen-bond donors (Lipinski definition) is 0. The van der Waals surface area contributed by atoms with E-state index in [0.29, 0.717) is 19.3 Å². The molecule has 0 N–H and O–H groups in total. The SMILES string of the molecule is CC/C=C\C/C=C\C/C=C\C/C=C\C/C=C\C/C=C\C/C=C\CCCCCC(=O)OCC(COC(=O)CCCCCCC/C=C\C/C=C\CCCCC)OC(=O)CCCCCCCC/C=C\C/C=C\C/C=C\CCCCCCC. The van der Waals surface area contributed by atoms with Crippen LogP contribution in [-0.4, -0.2) is 37.2 Å². The van der Waals surface area contributed by atoms with Gasteiger partial charge in [-0.15, -0.1) is 0 Å². The number of allylic oxidation sites excluding steroid dienone is 24. The zero-order valence-corrected chi connectivity index (χ0v) is 51.1.